The standard InChI is InChI=1S/C11H14N2O5S2/c12-20(17,18)10-4-2-1-3-9(10)13-11(14)8-5-6-19(15,16)7-8/h1-4,8H,5-7H2,(H,13,14)(H2,12,17,18). The fourth-order valence-electron chi connectivity index (χ4n) is 2.05. The van der Waals surface area contributed by atoms with Gasteiger partial charge in [0.1, 0.15) is 4.90 Å². The first kappa shape index (κ1) is 14.9. The number of sulfonamides is 1. The molecule has 3 N–H and O–H groups in total. The number of carbonyl (C=O) groups excluding carboxylic acids is 1. The molecule has 0 radical (unpaired) electrons. The van der Waals surface area contributed by atoms with E-state index in [1.165, 1.54) is 18.2 Å². The largest absolute Gasteiger partial charge is 0.325 e. The SMILES string of the molecule is NS(=O)(=O)c1ccccc1NC(=O)C1CCS(=O)(=O)C1. The average Bonchev–Trinajstić information content (AvgIpc) is 2.69. The molecule has 1 aromatic carbocycles. The summed E-state index contributed by atoms with van der Waals surface area (Å²) in [4.78, 5) is 11.8. The Bertz CT molecular complexity index is 740. The molecule has 0 bridgehead atoms. The molecular formula is C11H14N2O5S2. The highest BCUT2D eigenvalue weighted by molar-refractivity contribution is 7.91. The van der Waals surface area contributed by atoms with Crippen LogP contribution in [0, 0.1) is 5.92 Å². The summed E-state index contributed by atoms with van der Waals surface area (Å²) in [5.41, 5.74) is 0.0595. The number of sulfone groups is 1. The van der Waals surface area contributed by atoms with E-state index >= 15 is 0 Å². The van der Waals surface area contributed by atoms with Crippen molar-refractivity contribution in [3.63, 3.8) is 0 Å². The summed E-state index contributed by atoms with van der Waals surface area (Å²) in [5.74, 6) is -1.41. The highest BCUT2D eigenvalue weighted by Gasteiger charge is 2.33. The second-order valence-corrected chi connectivity index (χ2v) is 8.39. The van der Waals surface area contributed by atoms with Crippen molar-refractivity contribution in [2.75, 3.05) is 16.8 Å². The van der Waals surface area contributed by atoms with E-state index in [4.69, 9.17) is 5.14 Å². The highest BCUT2D eigenvalue weighted by atomic mass is 32.2. The van der Waals surface area contributed by atoms with Crippen molar-refractivity contribution in [3.05, 3.63) is 24.3 Å². The summed E-state index contributed by atoms with van der Waals surface area (Å²) in [7, 11) is -7.13. The summed E-state index contributed by atoms with van der Waals surface area (Å²) < 4.78 is 45.4. The molecule has 1 fully saturated rings. The van der Waals surface area contributed by atoms with Crippen LogP contribution < -0.4 is 10.5 Å². The van der Waals surface area contributed by atoms with Crippen molar-refractivity contribution in [3.8, 4) is 0 Å². The van der Waals surface area contributed by atoms with Crippen molar-refractivity contribution < 1.29 is 21.6 Å². The first-order valence-electron chi connectivity index (χ1n) is 5.82. The third-order valence-electron chi connectivity index (χ3n) is 3.05. The predicted molar refractivity (Wildman–Crippen MR) is 73.2 cm³/mol. The number of nitrogens with one attached hydrogen (secondary N) is 1. The van der Waals surface area contributed by atoms with Gasteiger partial charge in [0, 0.05) is 0 Å². The molecule has 1 saturated heterocycles. The van der Waals surface area contributed by atoms with Crippen LogP contribution in [0.4, 0.5) is 5.69 Å². The van der Waals surface area contributed by atoms with Gasteiger partial charge < -0.3 is 5.32 Å². The smallest absolute Gasteiger partial charge is 0.240 e. The molecule has 7 nitrogen and oxygen atoms in total. The number of nitrogens with two attached hydrogens (primary N) is 1. The number of primary sulfonamides is 1. The maximum atomic E-state index is 12.0. The van der Waals surface area contributed by atoms with Crippen LogP contribution >= 0.6 is 0 Å². The van der Waals surface area contributed by atoms with Crippen LogP contribution in [0.25, 0.3) is 0 Å². The Balaban J connectivity index is 2.22. The van der Waals surface area contributed by atoms with E-state index in [0.717, 1.165) is 0 Å². The summed E-state index contributed by atoms with van der Waals surface area (Å²) in [6.45, 7) is 0. The zero-order chi connectivity index (χ0) is 15.0. The normalized spacial score (nSPS) is 21.6. The molecule has 0 aliphatic carbocycles. The lowest BCUT2D eigenvalue weighted by atomic mass is 10.1. The van der Waals surface area contributed by atoms with E-state index in [0.29, 0.717) is 0 Å². The number of hydrogen-bond acceptors (Lipinski definition) is 5. The maximum Gasteiger partial charge on any atom is 0.240 e. The van der Waals surface area contributed by atoms with Crippen LogP contribution in [0.2, 0.25) is 0 Å². The quantitative estimate of drug-likeness (QED) is 0.792. The Morgan fingerprint density at radius 1 is 1.30 bits per heavy atom. The van der Waals surface area contributed by atoms with Crippen molar-refractivity contribution in [1.29, 1.82) is 0 Å². The van der Waals surface area contributed by atoms with Gasteiger partial charge in [-0.2, -0.15) is 0 Å². The molecule has 1 atom stereocenters. The monoisotopic (exact) mass is 318 g/mol. The Morgan fingerprint density at radius 2 is 1.95 bits per heavy atom. The molecule has 2 rings (SSSR count). The molecule has 110 valence electrons. The maximum absolute atomic E-state index is 12.0. The third kappa shape index (κ3) is 3.35. The van der Waals surface area contributed by atoms with E-state index < -0.39 is 31.7 Å². The van der Waals surface area contributed by atoms with E-state index in [-0.39, 0.29) is 28.5 Å². The van der Waals surface area contributed by atoms with Crippen LogP contribution in [-0.2, 0) is 24.7 Å². The molecule has 0 aromatic heterocycles. The van der Waals surface area contributed by atoms with E-state index in [1.54, 1.807) is 6.07 Å². The number of carbonyl (C=O) groups is 1. The Kier molecular flexibility index (Phi) is 3.85. The number of benzene rings is 1. The lowest BCUT2D eigenvalue weighted by molar-refractivity contribution is -0.119. The van der Waals surface area contributed by atoms with E-state index in [1.807, 2.05) is 0 Å². The van der Waals surface area contributed by atoms with Gasteiger partial charge in [0.15, 0.2) is 9.84 Å². The molecule has 20 heavy (non-hydrogen) atoms. The van der Waals surface area contributed by atoms with Crippen LogP contribution in [0.15, 0.2) is 29.2 Å². The molecule has 9 heteroatoms. The number of para-hydroxylation sites is 1. The number of amides is 1. The van der Waals surface area contributed by atoms with Crippen molar-refractivity contribution >= 4 is 31.5 Å². The van der Waals surface area contributed by atoms with Crippen molar-refractivity contribution in [2.24, 2.45) is 11.1 Å². The van der Waals surface area contributed by atoms with E-state index in [9.17, 15) is 21.6 Å². The topological polar surface area (TPSA) is 123 Å². The third-order valence-corrected chi connectivity index (χ3v) is 5.79. The molecule has 1 aromatic rings. The lowest BCUT2D eigenvalue weighted by Crippen LogP contribution is -2.25. The summed E-state index contributed by atoms with van der Waals surface area (Å²) in [5, 5.41) is 7.49. The van der Waals surface area contributed by atoms with Crippen molar-refractivity contribution in [2.45, 2.75) is 11.3 Å². The van der Waals surface area contributed by atoms with Gasteiger partial charge in [-0.15, -0.1) is 0 Å². The number of hydrogen-bond donors (Lipinski definition) is 2. The molecule has 1 amide bonds. The number of anilines is 1. The molecule has 1 aliphatic rings. The fraction of sp³-hybridized carbons (Fsp3) is 0.364. The summed E-state index contributed by atoms with van der Waals surface area (Å²) in [6, 6.07) is 5.71. The molecular weight excluding hydrogens is 304 g/mol. The summed E-state index contributed by atoms with van der Waals surface area (Å²) in [6.07, 6.45) is 0.242. The molecule has 1 unspecified atom stereocenters. The van der Waals surface area contributed by atoms with Crippen LogP contribution in [0.3, 0.4) is 0 Å². The molecule has 0 spiro atoms. The zero-order valence-electron chi connectivity index (χ0n) is 10.4. The van der Waals surface area contributed by atoms with Crippen LogP contribution in [0.1, 0.15) is 6.42 Å². The van der Waals surface area contributed by atoms with Gasteiger partial charge >= 0.3 is 0 Å². The minimum absolute atomic E-state index is 0.0259. The second-order valence-electron chi connectivity index (χ2n) is 4.63. The van der Waals surface area contributed by atoms with Gasteiger partial charge in [0.05, 0.1) is 23.1 Å². The minimum atomic E-state index is -3.96. The zero-order valence-corrected chi connectivity index (χ0v) is 12.1. The molecule has 1 aliphatic heterocycles. The molecule has 0 saturated carbocycles. The summed E-state index contributed by atoms with van der Waals surface area (Å²) >= 11 is 0. The van der Waals surface area contributed by atoms with Gasteiger partial charge in [-0.25, -0.2) is 22.0 Å². The lowest BCUT2D eigenvalue weighted by Gasteiger charge is -2.12. The fourth-order valence-corrected chi connectivity index (χ4v) is 4.49. The van der Waals surface area contributed by atoms with Crippen LogP contribution in [-0.4, -0.2) is 34.2 Å². The average molecular weight is 318 g/mol. The first-order valence-corrected chi connectivity index (χ1v) is 9.19. The van der Waals surface area contributed by atoms with Gasteiger partial charge in [-0.3, -0.25) is 4.79 Å². The Hall–Kier alpha value is -1.45. The second kappa shape index (κ2) is 5.15. The Morgan fingerprint density at radius 3 is 2.50 bits per heavy atom. The Labute approximate surface area is 117 Å². The van der Waals surface area contributed by atoms with Gasteiger partial charge in [-0.05, 0) is 18.6 Å². The number of rotatable bonds is 3. The molecule has 1 heterocycles. The first-order chi connectivity index (χ1) is 9.19. The van der Waals surface area contributed by atoms with E-state index in [2.05, 4.69) is 5.32 Å². The van der Waals surface area contributed by atoms with Gasteiger partial charge in [0.25, 0.3) is 0 Å². The van der Waals surface area contributed by atoms with Gasteiger partial charge in [0.2, 0.25) is 15.9 Å². The minimum Gasteiger partial charge on any atom is -0.325 e. The van der Waals surface area contributed by atoms with Crippen LogP contribution in [0.5, 0.6) is 0 Å². The van der Waals surface area contributed by atoms with Gasteiger partial charge in [-0.1, -0.05) is 12.1 Å². The highest BCUT2D eigenvalue weighted by Crippen LogP contribution is 2.23. The predicted octanol–water partition coefficient (Wildman–Crippen LogP) is -0.293. The van der Waals surface area contributed by atoms with Crippen molar-refractivity contribution in [1.82, 2.24) is 0 Å².